The van der Waals surface area contributed by atoms with E-state index in [2.05, 4.69) is 10.6 Å². The lowest BCUT2D eigenvalue weighted by Gasteiger charge is -2.12. The summed E-state index contributed by atoms with van der Waals surface area (Å²) in [7, 11) is 3.24. The number of carbonyl (C=O) groups is 2. The van der Waals surface area contributed by atoms with Gasteiger partial charge in [0, 0.05) is 35.0 Å². The van der Waals surface area contributed by atoms with Crippen LogP contribution >= 0.6 is 0 Å². The van der Waals surface area contributed by atoms with Crippen LogP contribution in [0.3, 0.4) is 0 Å². The molecule has 8 nitrogen and oxygen atoms in total. The van der Waals surface area contributed by atoms with Gasteiger partial charge in [-0.3, -0.25) is 9.59 Å². The van der Waals surface area contributed by atoms with Gasteiger partial charge in [-0.05, 0) is 55.0 Å². The molecule has 224 valence electrons. The van der Waals surface area contributed by atoms with Gasteiger partial charge in [0.15, 0.2) is 0 Å². The number of methoxy groups -OCH3 is 2. The van der Waals surface area contributed by atoms with Gasteiger partial charge in [-0.1, -0.05) is 60.7 Å². The van der Waals surface area contributed by atoms with Gasteiger partial charge in [-0.15, -0.1) is 0 Å². The van der Waals surface area contributed by atoms with E-state index in [-0.39, 0.29) is 11.8 Å². The Hall–Kier alpha value is -5.76. The number of hydrogen-bond acceptors (Lipinski definition) is 6. The molecule has 0 saturated carbocycles. The fraction of sp³-hybridized carbons (Fsp3) is 0.135. The van der Waals surface area contributed by atoms with Crippen molar-refractivity contribution >= 4 is 33.6 Å². The van der Waals surface area contributed by atoms with Gasteiger partial charge >= 0.3 is 0 Å². The summed E-state index contributed by atoms with van der Waals surface area (Å²) in [6, 6.07) is 34.0. The lowest BCUT2D eigenvalue weighted by Crippen LogP contribution is -2.30. The maximum atomic E-state index is 13.4. The summed E-state index contributed by atoms with van der Waals surface area (Å²) in [4.78, 5) is 36.3. The van der Waals surface area contributed by atoms with Crippen LogP contribution in [0.15, 0.2) is 109 Å². The predicted octanol–water partition coefficient (Wildman–Crippen LogP) is 6.68. The zero-order chi connectivity index (χ0) is 31.2. The van der Waals surface area contributed by atoms with Crippen molar-refractivity contribution in [3.05, 3.63) is 120 Å². The molecule has 0 radical (unpaired) electrons. The van der Waals surface area contributed by atoms with Gasteiger partial charge in [-0.2, -0.15) is 0 Å². The fourth-order valence-electron chi connectivity index (χ4n) is 5.27. The number of para-hydroxylation sites is 2. The maximum absolute atomic E-state index is 13.4. The normalized spacial score (nSPS) is 10.9. The summed E-state index contributed by atoms with van der Waals surface area (Å²) in [6.45, 7) is 0.771. The number of benzene rings is 4. The topological polar surface area (TPSA) is 102 Å². The number of nitrogens with zero attached hydrogens (tertiary/aromatic N) is 2. The second-order valence-corrected chi connectivity index (χ2v) is 10.5. The number of fused-ring (bicyclic) bond motifs is 2. The van der Waals surface area contributed by atoms with Crippen molar-refractivity contribution in [2.24, 2.45) is 0 Å². The molecule has 2 amide bonds. The molecule has 0 spiro atoms. The molecule has 4 aromatic carbocycles. The summed E-state index contributed by atoms with van der Waals surface area (Å²) in [5.41, 5.74) is 5.61. The van der Waals surface area contributed by atoms with Crippen molar-refractivity contribution in [1.29, 1.82) is 0 Å². The third-order valence-electron chi connectivity index (χ3n) is 7.58. The highest BCUT2D eigenvalue weighted by Gasteiger charge is 2.16. The van der Waals surface area contributed by atoms with Gasteiger partial charge in [0.2, 0.25) is 0 Å². The molecule has 2 N–H and O–H groups in total. The number of nitrogens with one attached hydrogen (secondary N) is 2. The number of pyridine rings is 2. The molecule has 0 fully saturated rings. The average Bonchev–Trinajstić information content (AvgIpc) is 3.10. The van der Waals surface area contributed by atoms with Crippen molar-refractivity contribution in [2.45, 2.75) is 6.42 Å². The largest absolute Gasteiger partial charge is 0.497 e. The number of amides is 2. The van der Waals surface area contributed by atoms with Crippen LogP contribution in [-0.4, -0.2) is 49.1 Å². The summed E-state index contributed by atoms with van der Waals surface area (Å²) in [5.74, 6) is 1.03. The van der Waals surface area contributed by atoms with Crippen LogP contribution in [0.2, 0.25) is 0 Å². The molecular formula is C37H32N4O4. The summed E-state index contributed by atoms with van der Waals surface area (Å²) in [5, 5.41) is 7.56. The Kier molecular flexibility index (Phi) is 8.64. The lowest BCUT2D eigenvalue weighted by molar-refractivity contribution is 0.0953. The highest BCUT2D eigenvalue weighted by atomic mass is 16.5. The molecule has 8 heteroatoms. The number of ether oxygens (including phenoxy) is 2. The SMILES string of the molecule is COc1cccc(-c2cc(C(=O)NCCCNC(=O)c3cc(-c4cccc(OC)c4)nc4ccccc34)c3ccccc3n2)c1. The van der Waals surface area contributed by atoms with Crippen LogP contribution < -0.4 is 20.1 Å². The standard InChI is InChI=1S/C37H32N4O4/c1-44-26-12-7-10-24(20-26)34-22-30(28-14-3-5-16-32(28)40-34)36(42)38-18-9-19-39-37(43)31-23-35(25-11-8-13-27(21-25)45-2)41-33-17-6-4-15-29(31)33/h3-8,10-17,20-23H,9,18-19H2,1-2H3,(H,38,42)(H,39,43). The van der Waals surface area contributed by atoms with Gasteiger partial charge < -0.3 is 20.1 Å². The molecule has 45 heavy (non-hydrogen) atoms. The Balaban J connectivity index is 1.14. The maximum Gasteiger partial charge on any atom is 0.252 e. The Morgan fingerprint density at radius 1 is 0.578 bits per heavy atom. The van der Waals surface area contributed by atoms with E-state index in [0.717, 1.165) is 32.9 Å². The lowest BCUT2D eigenvalue weighted by atomic mass is 10.0. The highest BCUT2D eigenvalue weighted by molar-refractivity contribution is 6.08. The first kappa shape index (κ1) is 29.3. The van der Waals surface area contributed by atoms with E-state index in [0.29, 0.717) is 53.5 Å². The van der Waals surface area contributed by atoms with Crippen molar-refractivity contribution in [1.82, 2.24) is 20.6 Å². The van der Waals surface area contributed by atoms with E-state index in [1.807, 2.05) is 109 Å². The second-order valence-electron chi connectivity index (χ2n) is 10.5. The molecule has 0 saturated heterocycles. The number of carbonyl (C=O) groups excluding carboxylic acids is 2. The van der Waals surface area contributed by atoms with Crippen LogP contribution in [0.1, 0.15) is 27.1 Å². The van der Waals surface area contributed by atoms with Gasteiger partial charge in [0.05, 0.1) is 47.8 Å². The first-order chi connectivity index (χ1) is 22.0. The Morgan fingerprint density at radius 2 is 1.02 bits per heavy atom. The number of rotatable bonds is 10. The summed E-state index contributed by atoms with van der Waals surface area (Å²) >= 11 is 0. The number of hydrogen-bond donors (Lipinski definition) is 2. The molecule has 0 bridgehead atoms. The van der Waals surface area contributed by atoms with E-state index in [1.54, 1.807) is 14.2 Å². The monoisotopic (exact) mass is 596 g/mol. The highest BCUT2D eigenvalue weighted by Crippen LogP contribution is 2.29. The zero-order valence-corrected chi connectivity index (χ0v) is 25.0. The number of aromatic nitrogens is 2. The third-order valence-corrected chi connectivity index (χ3v) is 7.58. The molecule has 0 atom stereocenters. The molecule has 2 heterocycles. The summed E-state index contributed by atoms with van der Waals surface area (Å²) < 4.78 is 10.7. The molecule has 0 unspecified atom stereocenters. The molecule has 0 aliphatic rings. The Labute approximate surface area is 261 Å². The zero-order valence-electron chi connectivity index (χ0n) is 25.0. The van der Waals surface area contributed by atoms with E-state index < -0.39 is 0 Å². The van der Waals surface area contributed by atoms with Gasteiger partial charge in [0.1, 0.15) is 11.5 Å². The van der Waals surface area contributed by atoms with Crippen LogP contribution in [0.4, 0.5) is 0 Å². The minimum absolute atomic E-state index is 0.202. The first-order valence-electron chi connectivity index (χ1n) is 14.7. The minimum atomic E-state index is -0.202. The quantitative estimate of drug-likeness (QED) is 0.171. The fourth-order valence-corrected chi connectivity index (χ4v) is 5.27. The first-order valence-corrected chi connectivity index (χ1v) is 14.7. The Bertz CT molecular complexity index is 1880. The van der Waals surface area contributed by atoms with Crippen LogP contribution in [0.25, 0.3) is 44.3 Å². The van der Waals surface area contributed by atoms with E-state index >= 15 is 0 Å². The molecule has 6 rings (SSSR count). The van der Waals surface area contributed by atoms with E-state index in [4.69, 9.17) is 19.4 Å². The molecule has 0 aliphatic carbocycles. The molecule has 0 aliphatic heterocycles. The van der Waals surface area contributed by atoms with Crippen LogP contribution in [0.5, 0.6) is 11.5 Å². The summed E-state index contributed by atoms with van der Waals surface area (Å²) in [6.07, 6.45) is 0.551. The Morgan fingerprint density at radius 3 is 1.47 bits per heavy atom. The molecule has 6 aromatic rings. The van der Waals surface area contributed by atoms with Crippen molar-refractivity contribution in [3.8, 4) is 34.0 Å². The van der Waals surface area contributed by atoms with E-state index in [9.17, 15) is 9.59 Å². The second kappa shape index (κ2) is 13.3. The predicted molar refractivity (Wildman–Crippen MR) is 177 cm³/mol. The van der Waals surface area contributed by atoms with Crippen LogP contribution in [-0.2, 0) is 0 Å². The van der Waals surface area contributed by atoms with Crippen molar-refractivity contribution in [3.63, 3.8) is 0 Å². The third kappa shape index (κ3) is 6.45. The minimum Gasteiger partial charge on any atom is -0.497 e. The van der Waals surface area contributed by atoms with Gasteiger partial charge in [0.25, 0.3) is 11.8 Å². The van der Waals surface area contributed by atoms with Crippen LogP contribution in [0, 0.1) is 0 Å². The van der Waals surface area contributed by atoms with E-state index in [1.165, 1.54) is 0 Å². The van der Waals surface area contributed by atoms with Crippen molar-refractivity contribution in [2.75, 3.05) is 27.3 Å². The smallest absolute Gasteiger partial charge is 0.252 e. The van der Waals surface area contributed by atoms with Gasteiger partial charge in [-0.25, -0.2) is 9.97 Å². The average molecular weight is 597 g/mol. The molecular weight excluding hydrogens is 564 g/mol. The van der Waals surface area contributed by atoms with Crippen molar-refractivity contribution < 1.29 is 19.1 Å². The molecule has 2 aromatic heterocycles.